The van der Waals surface area contributed by atoms with Crippen molar-refractivity contribution in [2.45, 2.75) is 6.92 Å². The van der Waals surface area contributed by atoms with E-state index in [0.29, 0.717) is 16.7 Å². The molecule has 0 spiro atoms. The van der Waals surface area contributed by atoms with Crippen LogP contribution < -0.4 is 15.4 Å². The molecule has 100 valence electrons. The second-order valence-corrected chi connectivity index (χ2v) is 4.62. The lowest BCUT2D eigenvalue weighted by Gasteiger charge is -2.12. The summed E-state index contributed by atoms with van der Waals surface area (Å²) in [7, 11) is 3.62. The van der Waals surface area contributed by atoms with Crippen molar-refractivity contribution in [1.82, 2.24) is 15.0 Å². The number of anilines is 2. The standard InChI is InChI=1S/C12H14ClN5O/c1-7-4-5-8(13)6-9(7)19-12-16-10(14)15-11(17-12)18(2)3/h4-6H,1-3H3,(H2,14,15,16,17). The molecule has 2 N–H and O–H groups in total. The van der Waals surface area contributed by atoms with Gasteiger partial charge >= 0.3 is 6.01 Å². The number of aromatic nitrogens is 3. The van der Waals surface area contributed by atoms with Crippen molar-refractivity contribution in [3.63, 3.8) is 0 Å². The molecular formula is C12H14ClN5O. The zero-order valence-electron chi connectivity index (χ0n) is 10.9. The molecule has 0 aliphatic heterocycles. The van der Waals surface area contributed by atoms with Crippen molar-refractivity contribution in [3.8, 4) is 11.8 Å². The largest absolute Gasteiger partial charge is 0.424 e. The summed E-state index contributed by atoms with van der Waals surface area (Å²) < 4.78 is 5.61. The summed E-state index contributed by atoms with van der Waals surface area (Å²) in [6.45, 7) is 1.91. The fraction of sp³-hybridized carbons (Fsp3) is 0.250. The van der Waals surface area contributed by atoms with E-state index in [9.17, 15) is 0 Å². The summed E-state index contributed by atoms with van der Waals surface area (Å²) in [4.78, 5) is 13.8. The van der Waals surface area contributed by atoms with Gasteiger partial charge < -0.3 is 15.4 Å². The lowest BCUT2D eigenvalue weighted by Crippen LogP contribution is -2.15. The number of aryl methyl sites for hydroxylation is 1. The van der Waals surface area contributed by atoms with Crippen molar-refractivity contribution in [2.75, 3.05) is 24.7 Å². The van der Waals surface area contributed by atoms with Crippen LogP contribution in [-0.4, -0.2) is 29.0 Å². The molecule has 0 aliphatic rings. The van der Waals surface area contributed by atoms with Gasteiger partial charge in [-0.1, -0.05) is 17.7 Å². The van der Waals surface area contributed by atoms with E-state index in [2.05, 4.69) is 15.0 Å². The third kappa shape index (κ3) is 3.23. The summed E-state index contributed by atoms with van der Waals surface area (Å²) in [6, 6.07) is 5.49. The van der Waals surface area contributed by atoms with Gasteiger partial charge in [0.15, 0.2) is 0 Å². The molecule has 2 rings (SSSR count). The van der Waals surface area contributed by atoms with Gasteiger partial charge in [0.05, 0.1) is 0 Å². The van der Waals surface area contributed by atoms with E-state index in [1.807, 2.05) is 27.1 Å². The molecule has 0 saturated carbocycles. The van der Waals surface area contributed by atoms with Crippen molar-refractivity contribution in [1.29, 1.82) is 0 Å². The van der Waals surface area contributed by atoms with E-state index in [1.165, 1.54) is 0 Å². The van der Waals surface area contributed by atoms with E-state index in [0.717, 1.165) is 5.56 Å². The molecule has 0 atom stereocenters. The monoisotopic (exact) mass is 279 g/mol. The third-order valence-electron chi connectivity index (χ3n) is 2.37. The minimum atomic E-state index is 0.105. The lowest BCUT2D eigenvalue weighted by molar-refractivity contribution is 0.438. The van der Waals surface area contributed by atoms with Crippen LogP contribution in [0.15, 0.2) is 18.2 Å². The highest BCUT2D eigenvalue weighted by atomic mass is 35.5. The maximum Gasteiger partial charge on any atom is 0.328 e. The molecule has 0 saturated heterocycles. The highest BCUT2D eigenvalue weighted by Crippen LogP contribution is 2.26. The molecule has 6 nitrogen and oxygen atoms in total. The number of nitrogens with two attached hydrogens (primary N) is 1. The van der Waals surface area contributed by atoms with Crippen LogP contribution in [0.5, 0.6) is 11.8 Å². The number of halogens is 1. The molecule has 0 radical (unpaired) electrons. The number of ether oxygens (including phenoxy) is 1. The maximum absolute atomic E-state index is 5.93. The van der Waals surface area contributed by atoms with E-state index in [4.69, 9.17) is 22.1 Å². The molecule has 1 aromatic heterocycles. The van der Waals surface area contributed by atoms with Crippen molar-refractivity contribution in [2.24, 2.45) is 0 Å². The van der Waals surface area contributed by atoms with Gasteiger partial charge in [-0.05, 0) is 24.6 Å². The molecule has 0 bridgehead atoms. The van der Waals surface area contributed by atoms with Gasteiger partial charge in [-0.3, -0.25) is 0 Å². The first-order chi connectivity index (χ1) is 8.95. The van der Waals surface area contributed by atoms with Gasteiger partial charge in [-0.2, -0.15) is 15.0 Å². The van der Waals surface area contributed by atoms with Crippen LogP contribution in [0.4, 0.5) is 11.9 Å². The topological polar surface area (TPSA) is 77.2 Å². The second kappa shape index (κ2) is 5.27. The molecule has 0 aliphatic carbocycles. The molecule has 0 unspecified atom stereocenters. The molecule has 0 amide bonds. The Kier molecular flexibility index (Phi) is 3.71. The Morgan fingerprint density at radius 3 is 2.63 bits per heavy atom. The van der Waals surface area contributed by atoms with Gasteiger partial charge in [-0.15, -0.1) is 0 Å². The molecule has 19 heavy (non-hydrogen) atoms. The Morgan fingerprint density at radius 2 is 1.95 bits per heavy atom. The highest BCUT2D eigenvalue weighted by molar-refractivity contribution is 6.30. The zero-order chi connectivity index (χ0) is 14.0. The summed E-state index contributed by atoms with van der Waals surface area (Å²) >= 11 is 5.93. The SMILES string of the molecule is Cc1ccc(Cl)cc1Oc1nc(N)nc(N(C)C)n1. The van der Waals surface area contributed by atoms with Gasteiger partial charge in [0.2, 0.25) is 11.9 Å². The van der Waals surface area contributed by atoms with Crippen LogP contribution in [0.3, 0.4) is 0 Å². The molecule has 2 aromatic rings. The van der Waals surface area contributed by atoms with Crippen LogP contribution in [0.1, 0.15) is 5.56 Å². The predicted octanol–water partition coefficient (Wildman–Crippen LogP) is 2.27. The maximum atomic E-state index is 5.93. The Labute approximate surface area is 116 Å². The van der Waals surface area contributed by atoms with Crippen LogP contribution in [-0.2, 0) is 0 Å². The van der Waals surface area contributed by atoms with Crippen LogP contribution in [0.2, 0.25) is 5.02 Å². The van der Waals surface area contributed by atoms with Crippen molar-refractivity contribution in [3.05, 3.63) is 28.8 Å². The Morgan fingerprint density at radius 1 is 1.21 bits per heavy atom. The summed E-state index contributed by atoms with van der Waals surface area (Å²) in [5.74, 6) is 1.12. The highest BCUT2D eigenvalue weighted by Gasteiger charge is 2.09. The fourth-order valence-corrected chi connectivity index (χ4v) is 1.55. The lowest BCUT2D eigenvalue weighted by atomic mass is 10.2. The first-order valence-electron chi connectivity index (χ1n) is 5.58. The zero-order valence-corrected chi connectivity index (χ0v) is 11.6. The van der Waals surface area contributed by atoms with Gasteiger partial charge in [-0.25, -0.2) is 0 Å². The van der Waals surface area contributed by atoms with Crippen LogP contribution in [0.25, 0.3) is 0 Å². The number of hydrogen-bond acceptors (Lipinski definition) is 6. The first kappa shape index (κ1) is 13.4. The van der Waals surface area contributed by atoms with Crippen molar-refractivity contribution < 1.29 is 4.74 Å². The van der Waals surface area contributed by atoms with Crippen LogP contribution in [0, 0.1) is 6.92 Å². The molecular weight excluding hydrogens is 266 g/mol. The van der Waals surface area contributed by atoms with E-state index >= 15 is 0 Å². The minimum absolute atomic E-state index is 0.105. The Balaban J connectivity index is 2.35. The first-order valence-corrected chi connectivity index (χ1v) is 5.96. The number of nitrogen functional groups attached to an aromatic ring is 1. The fourth-order valence-electron chi connectivity index (χ4n) is 1.39. The van der Waals surface area contributed by atoms with E-state index in [-0.39, 0.29) is 12.0 Å². The average Bonchev–Trinajstić information content (AvgIpc) is 2.33. The summed E-state index contributed by atoms with van der Waals surface area (Å²) in [6.07, 6.45) is 0. The van der Waals surface area contributed by atoms with Crippen molar-refractivity contribution >= 4 is 23.5 Å². The number of hydrogen-bond donors (Lipinski definition) is 1. The normalized spacial score (nSPS) is 10.3. The number of rotatable bonds is 3. The molecule has 1 aromatic carbocycles. The number of nitrogens with zero attached hydrogens (tertiary/aromatic N) is 4. The minimum Gasteiger partial charge on any atom is -0.424 e. The summed E-state index contributed by atoms with van der Waals surface area (Å²) in [5, 5.41) is 0.579. The second-order valence-electron chi connectivity index (χ2n) is 4.18. The Hall–Kier alpha value is -2.08. The quantitative estimate of drug-likeness (QED) is 0.929. The summed E-state index contributed by atoms with van der Waals surface area (Å²) in [5.41, 5.74) is 6.55. The smallest absolute Gasteiger partial charge is 0.328 e. The van der Waals surface area contributed by atoms with E-state index < -0.39 is 0 Å². The average molecular weight is 280 g/mol. The molecule has 0 fully saturated rings. The van der Waals surface area contributed by atoms with Crippen LogP contribution >= 0.6 is 11.6 Å². The number of benzene rings is 1. The van der Waals surface area contributed by atoms with Gasteiger partial charge in [0.1, 0.15) is 5.75 Å². The predicted molar refractivity (Wildman–Crippen MR) is 74.8 cm³/mol. The van der Waals surface area contributed by atoms with Gasteiger partial charge in [0.25, 0.3) is 0 Å². The third-order valence-corrected chi connectivity index (χ3v) is 2.61. The molecule has 7 heteroatoms. The Bertz CT molecular complexity index is 603. The van der Waals surface area contributed by atoms with Gasteiger partial charge in [0, 0.05) is 19.1 Å². The van der Waals surface area contributed by atoms with E-state index in [1.54, 1.807) is 17.0 Å². The molecule has 1 heterocycles.